The van der Waals surface area contributed by atoms with Gasteiger partial charge in [0, 0.05) is 5.41 Å². The lowest BCUT2D eigenvalue weighted by Crippen LogP contribution is -2.41. The van der Waals surface area contributed by atoms with E-state index in [1.54, 1.807) is 0 Å². The van der Waals surface area contributed by atoms with E-state index in [1.165, 1.54) is 19.3 Å². The molecule has 0 N–H and O–H groups in total. The van der Waals surface area contributed by atoms with Crippen LogP contribution < -0.4 is 0 Å². The zero-order valence-electron chi connectivity index (χ0n) is 6.06. The molecule has 1 aliphatic heterocycles. The third kappa shape index (κ3) is 0.789. The molecule has 0 amide bonds. The first-order valence-corrected chi connectivity index (χ1v) is 3.75. The van der Waals surface area contributed by atoms with Crippen molar-refractivity contribution in [1.29, 1.82) is 0 Å². The normalized spacial score (nSPS) is 28.6. The van der Waals surface area contributed by atoms with E-state index in [0.717, 1.165) is 13.2 Å². The van der Waals surface area contributed by atoms with Gasteiger partial charge in [0.05, 0.1) is 0 Å². The molecule has 2 heteroatoms. The Labute approximate surface area is 60.8 Å². The Bertz CT molecular complexity index is 147. The van der Waals surface area contributed by atoms with Crippen LogP contribution in [0, 0.1) is 5.41 Å². The van der Waals surface area contributed by atoms with Crippen LogP contribution in [0.2, 0.25) is 0 Å². The first-order chi connectivity index (χ1) is 4.81. The fraction of sp³-hybridized carbons (Fsp3) is 0.750. The van der Waals surface area contributed by atoms with E-state index in [9.17, 15) is 0 Å². The molecule has 0 radical (unpaired) electrons. The Hall–Kier alpha value is -0.660. The summed E-state index contributed by atoms with van der Waals surface area (Å²) in [4.78, 5) is 0. The summed E-state index contributed by atoms with van der Waals surface area (Å²) in [5, 5.41) is 0. The predicted octanol–water partition coefficient (Wildman–Crippen LogP) is 1.67. The number of ether oxygens (including phenoxy) is 2. The molecule has 1 saturated heterocycles. The second-order valence-corrected chi connectivity index (χ2v) is 3.30. The Kier molecular flexibility index (Phi) is 1.16. The van der Waals surface area contributed by atoms with Gasteiger partial charge in [-0.25, -0.2) is 0 Å². The maximum Gasteiger partial charge on any atom is 0.271 e. The van der Waals surface area contributed by atoms with E-state index in [-0.39, 0.29) is 0 Å². The summed E-state index contributed by atoms with van der Waals surface area (Å²) in [6.07, 6.45) is 3.86. The Morgan fingerprint density at radius 2 is 1.80 bits per heavy atom. The van der Waals surface area contributed by atoms with Crippen LogP contribution in [0.25, 0.3) is 0 Å². The molecule has 1 spiro atoms. The highest BCUT2D eigenvalue weighted by atomic mass is 16.7. The second-order valence-electron chi connectivity index (χ2n) is 3.30. The molecule has 2 rings (SSSR count). The highest BCUT2D eigenvalue weighted by Gasteiger charge is 2.41. The summed E-state index contributed by atoms with van der Waals surface area (Å²) in [6, 6.07) is 0. The molecule has 2 fully saturated rings. The maximum absolute atomic E-state index is 5.22. The van der Waals surface area contributed by atoms with Gasteiger partial charge in [-0.2, -0.15) is 0 Å². The van der Waals surface area contributed by atoms with Gasteiger partial charge in [0.1, 0.15) is 13.2 Å². The molecular formula is C8H12O2. The molecule has 0 atom stereocenters. The van der Waals surface area contributed by atoms with Gasteiger partial charge in [0.2, 0.25) is 0 Å². The van der Waals surface area contributed by atoms with Gasteiger partial charge in [-0.05, 0) is 19.4 Å². The van der Waals surface area contributed by atoms with Gasteiger partial charge in [-0.1, -0.05) is 6.42 Å². The lowest BCUT2D eigenvalue weighted by atomic mass is 9.70. The lowest BCUT2D eigenvalue weighted by Gasteiger charge is -2.43. The van der Waals surface area contributed by atoms with Gasteiger partial charge >= 0.3 is 0 Å². The molecule has 1 heterocycles. The first kappa shape index (κ1) is 6.08. The molecule has 0 aromatic carbocycles. The highest BCUT2D eigenvalue weighted by molar-refractivity contribution is 4.92. The number of hydrogen-bond acceptors (Lipinski definition) is 2. The zero-order chi connectivity index (χ0) is 7.03. The Morgan fingerprint density at radius 3 is 2.20 bits per heavy atom. The molecule has 1 saturated carbocycles. The van der Waals surface area contributed by atoms with Gasteiger partial charge in [-0.15, -0.1) is 0 Å². The molecule has 0 aromatic heterocycles. The van der Waals surface area contributed by atoms with Crippen LogP contribution >= 0.6 is 0 Å². The van der Waals surface area contributed by atoms with E-state index < -0.39 is 0 Å². The molecular weight excluding hydrogens is 128 g/mol. The van der Waals surface area contributed by atoms with Crippen LogP contribution in [0.5, 0.6) is 0 Å². The zero-order valence-corrected chi connectivity index (χ0v) is 6.06. The molecule has 0 bridgehead atoms. The number of rotatable bonds is 0. The van der Waals surface area contributed by atoms with Crippen molar-refractivity contribution >= 4 is 0 Å². The molecule has 2 nitrogen and oxygen atoms in total. The van der Waals surface area contributed by atoms with Crippen molar-refractivity contribution in [2.75, 3.05) is 13.2 Å². The fourth-order valence-electron chi connectivity index (χ4n) is 1.52. The summed E-state index contributed by atoms with van der Waals surface area (Å²) in [5.74, 6) is 0.498. The van der Waals surface area contributed by atoms with Crippen LogP contribution in [0.3, 0.4) is 0 Å². The van der Waals surface area contributed by atoms with E-state index >= 15 is 0 Å². The summed E-state index contributed by atoms with van der Waals surface area (Å²) in [5.41, 5.74) is 0.376. The van der Waals surface area contributed by atoms with Crippen molar-refractivity contribution in [2.24, 2.45) is 5.41 Å². The van der Waals surface area contributed by atoms with Crippen molar-refractivity contribution in [2.45, 2.75) is 19.3 Å². The molecule has 56 valence electrons. The van der Waals surface area contributed by atoms with Crippen LogP contribution in [-0.4, -0.2) is 13.2 Å². The quantitative estimate of drug-likeness (QED) is 0.509. The summed E-state index contributed by atoms with van der Waals surface area (Å²) >= 11 is 0. The Balaban J connectivity index is 1.96. The monoisotopic (exact) mass is 140 g/mol. The van der Waals surface area contributed by atoms with E-state index in [0.29, 0.717) is 11.4 Å². The van der Waals surface area contributed by atoms with Crippen LogP contribution in [0.15, 0.2) is 12.5 Å². The van der Waals surface area contributed by atoms with Crippen LogP contribution in [-0.2, 0) is 9.47 Å². The van der Waals surface area contributed by atoms with Gasteiger partial charge in [0.15, 0.2) is 0 Å². The fourth-order valence-corrected chi connectivity index (χ4v) is 1.52. The largest absolute Gasteiger partial charge is 0.465 e. The smallest absolute Gasteiger partial charge is 0.271 e. The van der Waals surface area contributed by atoms with Gasteiger partial charge in [0.25, 0.3) is 5.95 Å². The number of hydrogen-bond donors (Lipinski definition) is 0. The van der Waals surface area contributed by atoms with Crippen molar-refractivity contribution in [3.05, 3.63) is 12.5 Å². The second kappa shape index (κ2) is 1.91. The summed E-state index contributed by atoms with van der Waals surface area (Å²) < 4.78 is 10.4. The standard InChI is InChI=1S/C8H12O2/c1-7-9-5-8(6-10-7)3-2-4-8/h1-6H2. The van der Waals surface area contributed by atoms with E-state index in [1.807, 2.05) is 0 Å². The van der Waals surface area contributed by atoms with Gasteiger partial charge in [-0.3, -0.25) is 0 Å². The minimum Gasteiger partial charge on any atom is -0.465 e. The minimum absolute atomic E-state index is 0.376. The van der Waals surface area contributed by atoms with Crippen LogP contribution in [0.1, 0.15) is 19.3 Å². The maximum atomic E-state index is 5.22. The van der Waals surface area contributed by atoms with E-state index in [2.05, 4.69) is 6.58 Å². The van der Waals surface area contributed by atoms with Crippen molar-refractivity contribution < 1.29 is 9.47 Å². The minimum atomic E-state index is 0.376. The highest BCUT2D eigenvalue weighted by Crippen LogP contribution is 2.43. The SMILES string of the molecule is C=C1OCC2(CCC2)CO1. The first-order valence-electron chi connectivity index (χ1n) is 3.75. The van der Waals surface area contributed by atoms with Crippen molar-refractivity contribution in [3.8, 4) is 0 Å². The third-order valence-electron chi connectivity index (χ3n) is 2.49. The molecule has 10 heavy (non-hydrogen) atoms. The third-order valence-corrected chi connectivity index (χ3v) is 2.49. The predicted molar refractivity (Wildman–Crippen MR) is 37.3 cm³/mol. The lowest BCUT2D eigenvalue weighted by molar-refractivity contribution is -0.130. The summed E-state index contributed by atoms with van der Waals surface area (Å²) in [6.45, 7) is 5.24. The average Bonchev–Trinajstić information content (AvgIpc) is 1.86. The molecule has 1 aliphatic carbocycles. The topological polar surface area (TPSA) is 18.5 Å². The molecule has 0 unspecified atom stereocenters. The van der Waals surface area contributed by atoms with Crippen molar-refractivity contribution in [1.82, 2.24) is 0 Å². The summed E-state index contributed by atoms with van der Waals surface area (Å²) in [7, 11) is 0. The molecule has 2 aliphatic rings. The van der Waals surface area contributed by atoms with Crippen LogP contribution in [0.4, 0.5) is 0 Å². The van der Waals surface area contributed by atoms with Gasteiger partial charge < -0.3 is 9.47 Å². The average molecular weight is 140 g/mol. The molecule has 0 aromatic rings. The Morgan fingerprint density at radius 1 is 1.20 bits per heavy atom. The van der Waals surface area contributed by atoms with E-state index in [4.69, 9.17) is 9.47 Å². The van der Waals surface area contributed by atoms with Crippen molar-refractivity contribution in [3.63, 3.8) is 0 Å².